The molecule has 0 bridgehead atoms. The monoisotopic (exact) mass is 335 g/mol. The molecule has 0 saturated carbocycles. The molecule has 0 fully saturated rings. The molecule has 25 heavy (non-hydrogen) atoms. The fourth-order valence-electron chi connectivity index (χ4n) is 2.84. The highest BCUT2D eigenvalue weighted by atomic mass is 16.5. The quantitative estimate of drug-likeness (QED) is 0.638. The molecule has 0 saturated heterocycles. The van der Waals surface area contributed by atoms with Gasteiger partial charge in [-0.3, -0.25) is 0 Å². The van der Waals surface area contributed by atoms with Crippen molar-refractivity contribution in [2.75, 3.05) is 13.7 Å². The Balaban J connectivity index is 2.17. The predicted molar refractivity (Wildman–Crippen MR) is 98.5 cm³/mol. The number of aryl methyl sites for hydroxylation is 1. The van der Waals surface area contributed by atoms with Crippen molar-refractivity contribution in [3.63, 3.8) is 0 Å². The molecule has 0 N–H and O–H groups in total. The number of methoxy groups -OCH3 is 1. The Bertz CT molecular complexity index is 878. The van der Waals surface area contributed by atoms with Gasteiger partial charge in [0.25, 0.3) is 0 Å². The second-order valence-electron chi connectivity index (χ2n) is 5.74. The van der Waals surface area contributed by atoms with Crippen molar-refractivity contribution < 1.29 is 14.3 Å². The minimum absolute atomic E-state index is 0.320. The topological polar surface area (TPSA) is 40.5 Å². The molecule has 0 amide bonds. The number of nitrogens with zero attached hydrogens (tertiary/aromatic N) is 1. The zero-order chi connectivity index (χ0) is 17.8. The molecule has 4 nitrogen and oxygen atoms in total. The van der Waals surface area contributed by atoms with Crippen LogP contribution in [-0.2, 0) is 4.74 Å². The summed E-state index contributed by atoms with van der Waals surface area (Å²) < 4.78 is 12.5. The summed E-state index contributed by atoms with van der Waals surface area (Å²) in [6.45, 7) is 4.20. The van der Waals surface area contributed by atoms with Crippen LogP contribution in [0.2, 0.25) is 0 Å². The Morgan fingerprint density at radius 2 is 1.84 bits per heavy atom. The van der Waals surface area contributed by atoms with Gasteiger partial charge in [-0.15, -0.1) is 0 Å². The molecule has 0 aliphatic rings. The maximum absolute atomic E-state index is 12.4. The standard InChI is InChI=1S/C21H21NO3/c1-4-25-21(23)19-12-13-22(17-7-5-6-15(2)14-17)20(19)16-8-10-18(24-3)11-9-16/h5-14H,4H2,1-3H3. The van der Waals surface area contributed by atoms with Crippen LogP contribution in [0.15, 0.2) is 60.8 Å². The summed E-state index contributed by atoms with van der Waals surface area (Å²) in [5.41, 5.74) is 4.45. The first-order valence-corrected chi connectivity index (χ1v) is 8.24. The van der Waals surface area contributed by atoms with Crippen molar-refractivity contribution in [1.82, 2.24) is 4.57 Å². The van der Waals surface area contributed by atoms with E-state index < -0.39 is 0 Å². The largest absolute Gasteiger partial charge is 0.497 e. The van der Waals surface area contributed by atoms with Crippen LogP contribution in [0.4, 0.5) is 0 Å². The third-order valence-corrected chi connectivity index (χ3v) is 4.02. The van der Waals surface area contributed by atoms with E-state index in [4.69, 9.17) is 9.47 Å². The Morgan fingerprint density at radius 3 is 2.48 bits per heavy atom. The normalized spacial score (nSPS) is 10.5. The fraction of sp³-hybridized carbons (Fsp3) is 0.190. The first-order chi connectivity index (χ1) is 12.1. The number of hydrogen-bond acceptors (Lipinski definition) is 3. The number of aromatic nitrogens is 1. The molecule has 1 aromatic heterocycles. The van der Waals surface area contributed by atoms with Crippen LogP contribution in [0, 0.1) is 6.92 Å². The maximum atomic E-state index is 12.4. The van der Waals surface area contributed by atoms with Crippen LogP contribution in [0.25, 0.3) is 16.9 Å². The molecule has 0 aliphatic heterocycles. The first-order valence-electron chi connectivity index (χ1n) is 8.24. The maximum Gasteiger partial charge on any atom is 0.340 e. The first kappa shape index (κ1) is 16.8. The van der Waals surface area contributed by atoms with E-state index in [1.165, 1.54) is 0 Å². The smallest absolute Gasteiger partial charge is 0.340 e. The van der Waals surface area contributed by atoms with Crippen molar-refractivity contribution in [2.24, 2.45) is 0 Å². The molecule has 0 spiro atoms. The number of esters is 1. The number of carbonyl (C=O) groups is 1. The summed E-state index contributed by atoms with van der Waals surface area (Å²) in [5, 5.41) is 0. The summed E-state index contributed by atoms with van der Waals surface area (Å²) in [6.07, 6.45) is 1.90. The number of ether oxygens (including phenoxy) is 2. The SMILES string of the molecule is CCOC(=O)c1ccn(-c2cccc(C)c2)c1-c1ccc(OC)cc1. The van der Waals surface area contributed by atoms with Crippen molar-refractivity contribution in [3.05, 3.63) is 71.9 Å². The molecular formula is C21H21NO3. The van der Waals surface area contributed by atoms with Gasteiger partial charge in [-0.05, 0) is 67.4 Å². The molecule has 4 heteroatoms. The molecule has 3 rings (SSSR count). The second kappa shape index (κ2) is 7.26. The van der Waals surface area contributed by atoms with Gasteiger partial charge in [-0.25, -0.2) is 4.79 Å². The fourth-order valence-corrected chi connectivity index (χ4v) is 2.84. The lowest BCUT2D eigenvalue weighted by molar-refractivity contribution is 0.0527. The van der Waals surface area contributed by atoms with Gasteiger partial charge in [0.2, 0.25) is 0 Å². The van der Waals surface area contributed by atoms with Gasteiger partial charge in [0.1, 0.15) is 5.75 Å². The number of hydrogen-bond donors (Lipinski definition) is 0. The van der Waals surface area contributed by atoms with Crippen LogP contribution in [0.5, 0.6) is 5.75 Å². The summed E-state index contributed by atoms with van der Waals surface area (Å²) in [7, 11) is 1.63. The number of rotatable bonds is 5. The van der Waals surface area contributed by atoms with Crippen LogP contribution in [0.3, 0.4) is 0 Å². The van der Waals surface area contributed by atoms with Gasteiger partial charge >= 0.3 is 5.97 Å². The molecule has 0 unspecified atom stereocenters. The van der Waals surface area contributed by atoms with Crippen LogP contribution in [-0.4, -0.2) is 24.3 Å². The molecule has 2 aromatic carbocycles. The summed E-state index contributed by atoms with van der Waals surface area (Å²) in [5.74, 6) is 0.454. The minimum atomic E-state index is -0.320. The highest BCUT2D eigenvalue weighted by Gasteiger charge is 2.19. The van der Waals surface area contributed by atoms with Crippen molar-refractivity contribution in [3.8, 4) is 22.7 Å². The van der Waals surface area contributed by atoms with E-state index in [0.717, 1.165) is 28.3 Å². The van der Waals surface area contributed by atoms with E-state index >= 15 is 0 Å². The lowest BCUT2D eigenvalue weighted by Crippen LogP contribution is -2.07. The molecule has 0 aliphatic carbocycles. The van der Waals surface area contributed by atoms with Crippen LogP contribution in [0.1, 0.15) is 22.8 Å². The van der Waals surface area contributed by atoms with Crippen molar-refractivity contribution in [1.29, 1.82) is 0 Å². The Kier molecular flexibility index (Phi) is 4.89. The highest BCUT2D eigenvalue weighted by molar-refractivity contribution is 5.97. The van der Waals surface area contributed by atoms with Crippen LogP contribution >= 0.6 is 0 Å². The second-order valence-corrected chi connectivity index (χ2v) is 5.74. The summed E-state index contributed by atoms with van der Waals surface area (Å²) in [6, 6.07) is 17.6. The molecule has 3 aromatic rings. The molecule has 1 heterocycles. The van der Waals surface area contributed by atoms with Gasteiger partial charge in [0.05, 0.1) is 25.0 Å². The van der Waals surface area contributed by atoms with E-state index in [9.17, 15) is 4.79 Å². The third-order valence-electron chi connectivity index (χ3n) is 4.02. The van der Waals surface area contributed by atoms with E-state index in [0.29, 0.717) is 12.2 Å². The minimum Gasteiger partial charge on any atom is -0.497 e. The zero-order valence-corrected chi connectivity index (χ0v) is 14.7. The van der Waals surface area contributed by atoms with Gasteiger partial charge in [0, 0.05) is 11.9 Å². The van der Waals surface area contributed by atoms with Crippen LogP contribution < -0.4 is 4.74 Å². The van der Waals surface area contributed by atoms with Gasteiger partial charge < -0.3 is 14.0 Å². The Labute approximate surface area is 147 Å². The van der Waals surface area contributed by atoms with E-state index in [2.05, 4.69) is 6.07 Å². The number of carbonyl (C=O) groups excluding carboxylic acids is 1. The predicted octanol–water partition coefficient (Wildman–Crippen LogP) is 4.64. The third kappa shape index (κ3) is 3.43. The van der Waals surface area contributed by atoms with Gasteiger partial charge in [-0.2, -0.15) is 0 Å². The summed E-state index contributed by atoms with van der Waals surface area (Å²) in [4.78, 5) is 12.4. The van der Waals surface area contributed by atoms with Gasteiger partial charge in [0.15, 0.2) is 0 Å². The highest BCUT2D eigenvalue weighted by Crippen LogP contribution is 2.30. The van der Waals surface area contributed by atoms with Gasteiger partial charge in [-0.1, -0.05) is 12.1 Å². The summed E-state index contributed by atoms with van der Waals surface area (Å²) >= 11 is 0. The number of benzene rings is 2. The lowest BCUT2D eigenvalue weighted by Gasteiger charge is -2.13. The molecule has 0 radical (unpaired) electrons. The lowest BCUT2D eigenvalue weighted by atomic mass is 10.1. The molecule has 0 atom stereocenters. The van der Waals surface area contributed by atoms with Crippen molar-refractivity contribution in [2.45, 2.75) is 13.8 Å². The Hall–Kier alpha value is -3.01. The zero-order valence-electron chi connectivity index (χ0n) is 14.7. The Morgan fingerprint density at radius 1 is 1.08 bits per heavy atom. The van der Waals surface area contributed by atoms with E-state index in [1.807, 2.05) is 67.1 Å². The van der Waals surface area contributed by atoms with Crippen molar-refractivity contribution >= 4 is 5.97 Å². The molecular weight excluding hydrogens is 314 g/mol. The van der Waals surface area contributed by atoms with E-state index in [1.54, 1.807) is 13.2 Å². The molecule has 128 valence electrons. The van der Waals surface area contributed by atoms with E-state index in [-0.39, 0.29) is 5.97 Å². The average Bonchev–Trinajstić information content (AvgIpc) is 3.07. The average molecular weight is 335 g/mol.